The Labute approximate surface area is 121 Å². The van der Waals surface area contributed by atoms with E-state index >= 15 is 0 Å². The lowest BCUT2D eigenvalue weighted by molar-refractivity contribution is 0.0967. The van der Waals surface area contributed by atoms with Crippen LogP contribution in [0.25, 0.3) is 0 Å². The molecule has 0 atom stereocenters. The Kier molecular flexibility index (Phi) is 2.97. The molecule has 3 rings (SSSR count). The lowest BCUT2D eigenvalue weighted by Gasteiger charge is -2.15. The van der Waals surface area contributed by atoms with Gasteiger partial charge in [-0.05, 0) is 36.8 Å². The van der Waals surface area contributed by atoms with Gasteiger partial charge in [-0.3, -0.25) is 9.59 Å². The Hall–Kier alpha value is -2.69. The molecule has 0 saturated carbocycles. The summed E-state index contributed by atoms with van der Waals surface area (Å²) in [4.78, 5) is 25.5. The Morgan fingerprint density at radius 2 is 1.90 bits per heavy atom. The zero-order chi connectivity index (χ0) is 15.1. The van der Waals surface area contributed by atoms with Crippen molar-refractivity contribution in [1.82, 2.24) is 0 Å². The van der Waals surface area contributed by atoms with Crippen LogP contribution in [-0.4, -0.2) is 11.8 Å². The third-order valence-electron chi connectivity index (χ3n) is 3.58. The van der Waals surface area contributed by atoms with E-state index in [2.05, 4.69) is 0 Å². The van der Waals surface area contributed by atoms with Gasteiger partial charge in [-0.1, -0.05) is 17.7 Å². The molecule has 21 heavy (non-hydrogen) atoms. The summed E-state index contributed by atoms with van der Waals surface area (Å²) in [5, 5.41) is 0. The van der Waals surface area contributed by atoms with Crippen LogP contribution in [0.4, 0.5) is 10.1 Å². The second-order valence-corrected chi connectivity index (χ2v) is 5.08. The lowest BCUT2D eigenvalue weighted by Crippen LogP contribution is -2.24. The van der Waals surface area contributed by atoms with Crippen molar-refractivity contribution in [1.29, 1.82) is 0 Å². The number of carbonyl (C=O) groups is 2. The van der Waals surface area contributed by atoms with Crippen molar-refractivity contribution in [3.8, 4) is 0 Å². The Balaban J connectivity index is 2.08. The fourth-order valence-electron chi connectivity index (χ4n) is 2.55. The number of rotatable bonds is 2. The van der Waals surface area contributed by atoms with Crippen LogP contribution >= 0.6 is 0 Å². The average molecular weight is 284 g/mol. The van der Waals surface area contributed by atoms with Crippen LogP contribution in [0.15, 0.2) is 36.4 Å². The number of carbonyl (C=O) groups excluding carboxylic acids is 2. The molecule has 5 heteroatoms. The quantitative estimate of drug-likeness (QED) is 0.920. The minimum atomic E-state index is -0.801. The molecule has 0 spiro atoms. The van der Waals surface area contributed by atoms with Gasteiger partial charge in [0.2, 0.25) is 5.91 Å². The highest BCUT2D eigenvalue weighted by atomic mass is 19.1. The lowest BCUT2D eigenvalue weighted by atomic mass is 10.0. The number of hydrogen-bond acceptors (Lipinski definition) is 2. The van der Waals surface area contributed by atoms with Crippen molar-refractivity contribution in [3.63, 3.8) is 0 Å². The number of anilines is 1. The van der Waals surface area contributed by atoms with E-state index in [1.165, 1.54) is 11.0 Å². The maximum Gasteiger partial charge on any atom is 0.259 e. The first-order chi connectivity index (χ1) is 9.97. The van der Waals surface area contributed by atoms with Gasteiger partial charge < -0.3 is 10.6 Å². The summed E-state index contributed by atoms with van der Waals surface area (Å²) in [6.45, 7) is 2.18. The fourth-order valence-corrected chi connectivity index (χ4v) is 2.55. The molecular formula is C16H13FN2O2. The monoisotopic (exact) mass is 284 g/mol. The average Bonchev–Trinajstić information content (AvgIpc) is 2.76. The Morgan fingerprint density at radius 3 is 2.52 bits per heavy atom. The number of benzene rings is 2. The molecule has 106 valence electrons. The van der Waals surface area contributed by atoms with Crippen molar-refractivity contribution < 1.29 is 14.0 Å². The molecule has 0 unspecified atom stereocenters. The molecule has 0 aliphatic carbocycles. The second-order valence-electron chi connectivity index (χ2n) is 5.08. The molecule has 1 aliphatic heterocycles. The number of primary amides is 1. The Morgan fingerprint density at radius 1 is 1.24 bits per heavy atom. The van der Waals surface area contributed by atoms with E-state index in [-0.39, 0.29) is 23.6 Å². The molecular weight excluding hydrogens is 271 g/mol. The summed E-state index contributed by atoms with van der Waals surface area (Å²) in [5.74, 6) is -1.70. The molecule has 0 fully saturated rings. The van der Waals surface area contributed by atoms with Crippen LogP contribution in [0, 0.1) is 12.7 Å². The third-order valence-corrected chi connectivity index (χ3v) is 3.58. The highest BCUT2D eigenvalue weighted by molar-refractivity contribution is 6.16. The minimum absolute atomic E-state index is 0.0652. The van der Waals surface area contributed by atoms with Gasteiger partial charge in [0.15, 0.2) is 0 Å². The van der Waals surface area contributed by atoms with E-state index in [9.17, 15) is 14.0 Å². The molecule has 2 amide bonds. The van der Waals surface area contributed by atoms with E-state index in [1.807, 2.05) is 31.2 Å². The standard InChI is InChI=1S/C16H13FN2O2/c1-9-2-4-12(5-3-9)19-8-10-6-11(17)7-13(15(18)20)14(10)16(19)21/h2-7H,8H2,1H3,(H2,18,20). The fraction of sp³-hybridized carbons (Fsp3) is 0.125. The summed E-state index contributed by atoms with van der Waals surface area (Å²) in [6, 6.07) is 9.70. The molecule has 2 aromatic rings. The zero-order valence-corrected chi connectivity index (χ0v) is 11.4. The predicted molar refractivity (Wildman–Crippen MR) is 76.6 cm³/mol. The number of aryl methyl sites for hydroxylation is 1. The summed E-state index contributed by atoms with van der Waals surface area (Å²) < 4.78 is 13.6. The molecule has 0 radical (unpaired) electrons. The SMILES string of the molecule is Cc1ccc(N2Cc3cc(F)cc(C(N)=O)c3C2=O)cc1. The predicted octanol–water partition coefficient (Wildman–Crippen LogP) is 2.39. The van der Waals surface area contributed by atoms with E-state index in [1.54, 1.807) is 0 Å². The molecule has 0 saturated heterocycles. The first kappa shape index (κ1) is 13.3. The molecule has 1 aliphatic rings. The summed E-state index contributed by atoms with van der Waals surface area (Å²) in [7, 11) is 0. The summed E-state index contributed by atoms with van der Waals surface area (Å²) in [5.41, 5.74) is 7.64. The summed E-state index contributed by atoms with van der Waals surface area (Å²) in [6.07, 6.45) is 0. The van der Waals surface area contributed by atoms with Crippen LogP contribution in [0.3, 0.4) is 0 Å². The number of amides is 2. The molecule has 0 aromatic heterocycles. The van der Waals surface area contributed by atoms with Gasteiger partial charge in [0.05, 0.1) is 17.7 Å². The van der Waals surface area contributed by atoms with Gasteiger partial charge in [0.25, 0.3) is 5.91 Å². The first-order valence-electron chi connectivity index (χ1n) is 6.48. The number of fused-ring (bicyclic) bond motifs is 1. The first-order valence-corrected chi connectivity index (χ1v) is 6.48. The number of nitrogens with zero attached hydrogens (tertiary/aromatic N) is 1. The van der Waals surface area contributed by atoms with E-state index in [0.717, 1.165) is 11.6 Å². The van der Waals surface area contributed by atoms with Gasteiger partial charge in [0.1, 0.15) is 5.82 Å². The molecule has 0 bridgehead atoms. The van der Waals surface area contributed by atoms with Gasteiger partial charge in [-0.15, -0.1) is 0 Å². The van der Waals surface area contributed by atoms with Crippen molar-refractivity contribution in [2.75, 3.05) is 4.90 Å². The molecule has 1 heterocycles. The largest absolute Gasteiger partial charge is 0.366 e. The number of hydrogen-bond donors (Lipinski definition) is 1. The normalized spacial score (nSPS) is 13.4. The van der Waals surface area contributed by atoms with Gasteiger partial charge in [-0.2, -0.15) is 0 Å². The van der Waals surface area contributed by atoms with Crippen LogP contribution in [-0.2, 0) is 6.54 Å². The van der Waals surface area contributed by atoms with Crippen molar-refractivity contribution in [2.24, 2.45) is 5.73 Å². The smallest absolute Gasteiger partial charge is 0.259 e. The molecule has 2 aromatic carbocycles. The maximum atomic E-state index is 13.6. The zero-order valence-electron chi connectivity index (χ0n) is 11.4. The second kappa shape index (κ2) is 4.70. The topological polar surface area (TPSA) is 63.4 Å². The van der Waals surface area contributed by atoms with Crippen LogP contribution < -0.4 is 10.6 Å². The highest BCUT2D eigenvalue weighted by Gasteiger charge is 2.33. The number of halogens is 1. The van der Waals surface area contributed by atoms with E-state index in [4.69, 9.17) is 5.73 Å². The van der Waals surface area contributed by atoms with Crippen molar-refractivity contribution in [3.05, 3.63) is 64.5 Å². The maximum absolute atomic E-state index is 13.6. The van der Waals surface area contributed by atoms with Crippen molar-refractivity contribution in [2.45, 2.75) is 13.5 Å². The summed E-state index contributed by atoms with van der Waals surface area (Å²) >= 11 is 0. The Bertz CT molecular complexity index is 754. The third kappa shape index (κ3) is 2.16. The van der Waals surface area contributed by atoms with E-state index < -0.39 is 11.7 Å². The minimum Gasteiger partial charge on any atom is -0.366 e. The van der Waals surface area contributed by atoms with Crippen LogP contribution in [0.2, 0.25) is 0 Å². The van der Waals surface area contributed by atoms with Gasteiger partial charge >= 0.3 is 0 Å². The molecule has 2 N–H and O–H groups in total. The van der Waals surface area contributed by atoms with Crippen molar-refractivity contribution >= 4 is 17.5 Å². The van der Waals surface area contributed by atoms with Gasteiger partial charge in [0, 0.05) is 5.69 Å². The highest BCUT2D eigenvalue weighted by Crippen LogP contribution is 2.31. The molecule has 4 nitrogen and oxygen atoms in total. The van der Waals surface area contributed by atoms with Crippen LogP contribution in [0.1, 0.15) is 31.8 Å². The van der Waals surface area contributed by atoms with Gasteiger partial charge in [-0.25, -0.2) is 4.39 Å². The van der Waals surface area contributed by atoms with E-state index in [0.29, 0.717) is 11.3 Å². The number of nitrogens with two attached hydrogens (primary N) is 1. The van der Waals surface area contributed by atoms with Crippen LogP contribution in [0.5, 0.6) is 0 Å².